The second-order valence-corrected chi connectivity index (χ2v) is 5.12. The van der Waals surface area contributed by atoms with Crippen LogP contribution in [0.15, 0.2) is 42.7 Å². The molecule has 2 heterocycles. The summed E-state index contributed by atoms with van der Waals surface area (Å²) < 4.78 is 5.15. The lowest BCUT2D eigenvalue weighted by molar-refractivity contribution is -0.115. The number of aliphatic hydroxyl groups is 1. The zero-order valence-electron chi connectivity index (χ0n) is 12.7. The molecule has 23 heavy (non-hydrogen) atoms. The Bertz CT molecular complexity index is 842. The molecule has 0 bridgehead atoms. The largest absolute Gasteiger partial charge is 0.496 e. The third kappa shape index (κ3) is 3.17. The van der Waals surface area contributed by atoms with Crippen LogP contribution in [0.2, 0.25) is 0 Å². The number of rotatable bonds is 5. The number of amides is 1. The van der Waals surface area contributed by atoms with Crippen LogP contribution in [0.3, 0.4) is 0 Å². The van der Waals surface area contributed by atoms with Crippen molar-refractivity contribution >= 4 is 22.6 Å². The lowest BCUT2D eigenvalue weighted by Crippen LogP contribution is -2.14. The number of methoxy groups -OCH3 is 1. The van der Waals surface area contributed by atoms with E-state index < -0.39 is 0 Å². The van der Waals surface area contributed by atoms with E-state index in [0.29, 0.717) is 17.0 Å². The fraction of sp³-hybridized carbons (Fsp3) is 0.176. The molecule has 0 saturated heterocycles. The molecule has 0 fully saturated rings. The lowest BCUT2D eigenvalue weighted by Gasteiger charge is -2.10. The minimum atomic E-state index is -0.152. The van der Waals surface area contributed by atoms with Gasteiger partial charge in [-0.3, -0.25) is 4.79 Å². The number of nitrogens with one attached hydrogen (secondary N) is 2. The van der Waals surface area contributed by atoms with Gasteiger partial charge in [-0.2, -0.15) is 0 Å². The summed E-state index contributed by atoms with van der Waals surface area (Å²) >= 11 is 0. The smallest absolute Gasteiger partial charge is 0.228 e. The summed E-state index contributed by atoms with van der Waals surface area (Å²) in [6, 6.07) is 8.93. The normalized spacial score (nSPS) is 10.7. The van der Waals surface area contributed by atoms with Crippen molar-refractivity contribution in [2.45, 2.75) is 13.0 Å². The number of ether oxygens (including phenoxy) is 1. The number of benzene rings is 1. The van der Waals surface area contributed by atoms with Gasteiger partial charge in [0.15, 0.2) is 0 Å². The van der Waals surface area contributed by atoms with E-state index in [9.17, 15) is 9.90 Å². The number of fused-ring (bicyclic) bond motifs is 1. The molecule has 6 heteroatoms. The van der Waals surface area contributed by atoms with Crippen LogP contribution in [0.25, 0.3) is 11.0 Å². The number of aliphatic hydroxyl groups excluding tert-OH is 1. The third-order valence-corrected chi connectivity index (χ3v) is 3.62. The molecule has 1 amide bonds. The van der Waals surface area contributed by atoms with Crippen LogP contribution in [0.4, 0.5) is 5.69 Å². The van der Waals surface area contributed by atoms with Crippen LogP contribution in [0, 0.1) is 0 Å². The van der Waals surface area contributed by atoms with E-state index in [2.05, 4.69) is 15.3 Å². The van der Waals surface area contributed by atoms with E-state index in [1.165, 1.54) is 7.11 Å². The Labute approximate surface area is 133 Å². The summed E-state index contributed by atoms with van der Waals surface area (Å²) in [5, 5.41) is 13.1. The zero-order chi connectivity index (χ0) is 16.2. The first-order valence-electron chi connectivity index (χ1n) is 7.20. The van der Waals surface area contributed by atoms with Crippen molar-refractivity contribution in [2.75, 3.05) is 12.4 Å². The molecular formula is C17H17N3O3. The number of hydrogen-bond donors (Lipinski definition) is 3. The summed E-state index contributed by atoms with van der Waals surface area (Å²) in [4.78, 5) is 19.5. The van der Waals surface area contributed by atoms with E-state index in [1.807, 2.05) is 12.1 Å². The molecule has 0 radical (unpaired) electrons. The monoisotopic (exact) mass is 311 g/mol. The lowest BCUT2D eigenvalue weighted by atomic mass is 10.1. The highest BCUT2D eigenvalue weighted by Gasteiger charge is 2.10. The van der Waals surface area contributed by atoms with Crippen molar-refractivity contribution in [1.82, 2.24) is 9.97 Å². The standard InChI is InChI=1S/C17H17N3O3/c1-23-15-5-4-13(7-12(15)10-21)20-16(22)8-11-9-19-17-14(11)3-2-6-18-17/h2-7,9,21H,8,10H2,1H3,(H,18,19)(H,20,22). The van der Waals surface area contributed by atoms with Gasteiger partial charge in [0.2, 0.25) is 5.91 Å². The molecule has 0 aliphatic carbocycles. The first-order chi connectivity index (χ1) is 11.2. The molecule has 3 aromatic rings. The molecule has 0 saturated carbocycles. The maximum atomic E-state index is 12.2. The summed E-state index contributed by atoms with van der Waals surface area (Å²) in [7, 11) is 1.54. The van der Waals surface area contributed by atoms with E-state index in [4.69, 9.17) is 4.74 Å². The number of carbonyl (C=O) groups excluding carboxylic acids is 1. The Morgan fingerprint density at radius 3 is 3.00 bits per heavy atom. The Hall–Kier alpha value is -2.86. The van der Waals surface area contributed by atoms with Crippen molar-refractivity contribution in [3.63, 3.8) is 0 Å². The summed E-state index contributed by atoms with van der Waals surface area (Å²) in [6.07, 6.45) is 3.74. The minimum absolute atomic E-state index is 0.135. The van der Waals surface area contributed by atoms with Crippen LogP contribution in [-0.4, -0.2) is 28.1 Å². The molecule has 2 aromatic heterocycles. The van der Waals surface area contributed by atoms with Crippen molar-refractivity contribution in [1.29, 1.82) is 0 Å². The quantitative estimate of drug-likeness (QED) is 0.674. The Balaban J connectivity index is 1.74. The first kappa shape index (κ1) is 15.1. The fourth-order valence-electron chi connectivity index (χ4n) is 2.52. The number of aromatic amines is 1. The Kier molecular flexibility index (Phi) is 4.25. The van der Waals surface area contributed by atoms with E-state index in [-0.39, 0.29) is 18.9 Å². The average Bonchev–Trinajstić information content (AvgIpc) is 2.97. The third-order valence-electron chi connectivity index (χ3n) is 3.62. The summed E-state index contributed by atoms with van der Waals surface area (Å²) in [5.74, 6) is 0.456. The van der Waals surface area contributed by atoms with E-state index in [1.54, 1.807) is 30.6 Å². The van der Waals surface area contributed by atoms with Gasteiger partial charge >= 0.3 is 0 Å². The van der Waals surface area contributed by atoms with Gasteiger partial charge in [-0.05, 0) is 35.9 Å². The molecule has 3 N–H and O–H groups in total. The van der Waals surface area contributed by atoms with Gasteiger partial charge < -0.3 is 20.1 Å². The predicted octanol–water partition coefficient (Wildman–Crippen LogP) is 2.25. The maximum Gasteiger partial charge on any atom is 0.228 e. The molecule has 0 aliphatic heterocycles. The number of carbonyl (C=O) groups is 1. The average molecular weight is 311 g/mol. The van der Waals surface area contributed by atoms with Crippen LogP contribution >= 0.6 is 0 Å². The highest BCUT2D eigenvalue weighted by atomic mass is 16.5. The minimum Gasteiger partial charge on any atom is -0.496 e. The molecule has 6 nitrogen and oxygen atoms in total. The van der Waals surface area contributed by atoms with Gasteiger partial charge in [-0.1, -0.05) is 0 Å². The molecule has 3 rings (SSSR count). The van der Waals surface area contributed by atoms with Gasteiger partial charge in [0.1, 0.15) is 11.4 Å². The van der Waals surface area contributed by atoms with Crippen LogP contribution in [0.1, 0.15) is 11.1 Å². The predicted molar refractivity (Wildman–Crippen MR) is 87.3 cm³/mol. The summed E-state index contributed by atoms with van der Waals surface area (Å²) in [6.45, 7) is -0.152. The van der Waals surface area contributed by atoms with Crippen molar-refractivity contribution in [2.24, 2.45) is 0 Å². The number of aromatic nitrogens is 2. The first-order valence-corrected chi connectivity index (χ1v) is 7.20. The molecule has 1 aromatic carbocycles. The van der Waals surface area contributed by atoms with E-state index >= 15 is 0 Å². The molecule has 0 aliphatic rings. The zero-order valence-corrected chi connectivity index (χ0v) is 12.7. The maximum absolute atomic E-state index is 12.2. The molecule has 0 atom stereocenters. The van der Waals surface area contributed by atoms with Gasteiger partial charge in [0.05, 0.1) is 20.1 Å². The molecule has 0 spiro atoms. The molecule has 118 valence electrons. The molecule has 0 unspecified atom stereocenters. The van der Waals surface area contributed by atoms with Crippen molar-refractivity contribution < 1.29 is 14.6 Å². The number of nitrogens with zero attached hydrogens (tertiary/aromatic N) is 1. The Morgan fingerprint density at radius 1 is 1.35 bits per heavy atom. The highest BCUT2D eigenvalue weighted by molar-refractivity contribution is 5.95. The van der Waals surface area contributed by atoms with Crippen molar-refractivity contribution in [3.8, 4) is 5.75 Å². The number of pyridine rings is 1. The number of H-pyrrole nitrogens is 1. The topological polar surface area (TPSA) is 87.2 Å². The second-order valence-electron chi connectivity index (χ2n) is 5.12. The highest BCUT2D eigenvalue weighted by Crippen LogP contribution is 2.23. The van der Waals surface area contributed by atoms with Crippen LogP contribution in [-0.2, 0) is 17.8 Å². The van der Waals surface area contributed by atoms with Crippen LogP contribution in [0.5, 0.6) is 5.75 Å². The summed E-state index contributed by atoms with van der Waals surface area (Å²) in [5.41, 5.74) is 2.91. The van der Waals surface area contributed by atoms with E-state index in [0.717, 1.165) is 16.6 Å². The fourth-order valence-corrected chi connectivity index (χ4v) is 2.52. The van der Waals surface area contributed by atoms with Gasteiger partial charge in [-0.25, -0.2) is 4.98 Å². The molecular weight excluding hydrogens is 294 g/mol. The van der Waals surface area contributed by atoms with Crippen molar-refractivity contribution in [3.05, 3.63) is 53.9 Å². The van der Waals surface area contributed by atoms with Gasteiger partial charge in [0, 0.05) is 29.0 Å². The van der Waals surface area contributed by atoms with Gasteiger partial charge in [0.25, 0.3) is 0 Å². The Morgan fingerprint density at radius 2 is 2.22 bits per heavy atom. The second kappa shape index (κ2) is 6.50. The SMILES string of the molecule is COc1ccc(NC(=O)Cc2c[nH]c3ncccc23)cc1CO. The number of hydrogen-bond acceptors (Lipinski definition) is 4. The van der Waals surface area contributed by atoms with Gasteiger partial charge in [-0.15, -0.1) is 0 Å². The number of anilines is 1. The van der Waals surface area contributed by atoms with Crippen LogP contribution < -0.4 is 10.1 Å².